The minimum absolute atomic E-state index is 0.0522. The van der Waals surface area contributed by atoms with Crippen molar-refractivity contribution in [1.82, 2.24) is 5.32 Å². The first-order valence-corrected chi connectivity index (χ1v) is 7.45. The summed E-state index contributed by atoms with van der Waals surface area (Å²) in [5, 5.41) is 3.03. The first-order chi connectivity index (χ1) is 10.6. The molecule has 3 atom stereocenters. The van der Waals surface area contributed by atoms with E-state index in [0.29, 0.717) is 5.56 Å². The third kappa shape index (κ3) is 2.74. The second-order valence-corrected chi connectivity index (χ2v) is 5.84. The van der Waals surface area contributed by atoms with Gasteiger partial charge in [-0.3, -0.25) is 4.79 Å². The number of fused-ring (bicyclic) bond motifs is 1. The molecule has 3 nitrogen and oxygen atoms in total. The van der Waals surface area contributed by atoms with Crippen LogP contribution in [-0.2, 0) is 11.2 Å². The molecule has 1 unspecified atom stereocenters. The predicted molar refractivity (Wildman–Crippen MR) is 83.8 cm³/mol. The standard InChI is InChI=1S/C18H19FN2O/c1-11-15-5-3-2-4-13(15)10-16(11)21-18(22)17(20)12-6-8-14(19)9-7-12/h2-9,11,16-17H,10,20H2,1H3,(H,21,22)/t11-,16-,17?/m1/s1. The molecule has 22 heavy (non-hydrogen) atoms. The SMILES string of the molecule is C[C@@H]1c2ccccc2C[C@H]1NC(=O)C(N)c1ccc(F)cc1. The van der Waals surface area contributed by atoms with Gasteiger partial charge in [-0.25, -0.2) is 4.39 Å². The molecule has 3 rings (SSSR count). The van der Waals surface area contributed by atoms with Gasteiger partial charge in [0, 0.05) is 12.0 Å². The summed E-state index contributed by atoms with van der Waals surface area (Å²) in [6.07, 6.45) is 0.819. The molecule has 0 heterocycles. The van der Waals surface area contributed by atoms with E-state index in [0.717, 1.165) is 6.42 Å². The maximum atomic E-state index is 12.9. The number of benzene rings is 2. The van der Waals surface area contributed by atoms with Gasteiger partial charge in [-0.1, -0.05) is 43.3 Å². The van der Waals surface area contributed by atoms with E-state index in [2.05, 4.69) is 24.4 Å². The third-order valence-corrected chi connectivity index (χ3v) is 4.43. The van der Waals surface area contributed by atoms with Crippen LogP contribution in [0, 0.1) is 5.82 Å². The van der Waals surface area contributed by atoms with E-state index >= 15 is 0 Å². The van der Waals surface area contributed by atoms with E-state index in [1.807, 2.05) is 12.1 Å². The van der Waals surface area contributed by atoms with Crippen LogP contribution in [0.1, 0.15) is 35.6 Å². The molecule has 0 bridgehead atoms. The second-order valence-electron chi connectivity index (χ2n) is 5.84. The Morgan fingerprint density at radius 2 is 1.91 bits per heavy atom. The summed E-state index contributed by atoms with van der Waals surface area (Å²) in [6, 6.07) is 13.2. The van der Waals surface area contributed by atoms with Crippen LogP contribution in [-0.4, -0.2) is 11.9 Å². The maximum Gasteiger partial charge on any atom is 0.241 e. The molecule has 114 valence electrons. The summed E-state index contributed by atoms with van der Waals surface area (Å²) in [5.74, 6) is -0.298. The molecule has 0 fully saturated rings. The quantitative estimate of drug-likeness (QED) is 0.915. The third-order valence-electron chi connectivity index (χ3n) is 4.43. The molecule has 4 heteroatoms. The van der Waals surface area contributed by atoms with Crippen molar-refractivity contribution in [3.05, 3.63) is 71.0 Å². The Hall–Kier alpha value is -2.20. The van der Waals surface area contributed by atoms with Crippen molar-refractivity contribution in [3.63, 3.8) is 0 Å². The summed E-state index contributed by atoms with van der Waals surface area (Å²) >= 11 is 0. The number of halogens is 1. The zero-order valence-electron chi connectivity index (χ0n) is 12.4. The van der Waals surface area contributed by atoms with Crippen LogP contribution in [0.3, 0.4) is 0 Å². The molecule has 0 saturated heterocycles. The largest absolute Gasteiger partial charge is 0.351 e. The first kappa shape index (κ1) is 14.7. The average molecular weight is 298 g/mol. The van der Waals surface area contributed by atoms with Crippen LogP contribution in [0.2, 0.25) is 0 Å². The van der Waals surface area contributed by atoms with Crippen LogP contribution in [0.15, 0.2) is 48.5 Å². The van der Waals surface area contributed by atoms with Crippen molar-refractivity contribution in [2.75, 3.05) is 0 Å². The van der Waals surface area contributed by atoms with Crippen molar-refractivity contribution in [2.45, 2.75) is 31.3 Å². The van der Waals surface area contributed by atoms with Crippen molar-refractivity contribution >= 4 is 5.91 Å². The molecule has 0 spiro atoms. The number of carbonyl (C=O) groups excluding carboxylic acids is 1. The van der Waals surface area contributed by atoms with Gasteiger partial charge in [0.25, 0.3) is 0 Å². The molecule has 2 aromatic rings. The number of carbonyl (C=O) groups is 1. The summed E-state index contributed by atoms with van der Waals surface area (Å²) in [4.78, 5) is 12.4. The Labute approximate surface area is 129 Å². The molecule has 2 aromatic carbocycles. The zero-order valence-corrected chi connectivity index (χ0v) is 12.4. The Morgan fingerprint density at radius 1 is 1.23 bits per heavy atom. The monoisotopic (exact) mass is 298 g/mol. The molecule has 1 aliphatic carbocycles. The normalized spacial score (nSPS) is 21.2. The summed E-state index contributed by atoms with van der Waals surface area (Å²) < 4.78 is 12.9. The molecule has 0 saturated carbocycles. The van der Waals surface area contributed by atoms with Crippen LogP contribution in [0.5, 0.6) is 0 Å². The molecule has 3 N–H and O–H groups in total. The van der Waals surface area contributed by atoms with Crippen molar-refractivity contribution in [1.29, 1.82) is 0 Å². The number of rotatable bonds is 3. The van der Waals surface area contributed by atoms with Gasteiger partial charge in [-0.15, -0.1) is 0 Å². The first-order valence-electron chi connectivity index (χ1n) is 7.45. The Bertz CT molecular complexity index is 684. The van der Waals surface area contributed by atoms with Crippen molar-refractivity contribution < 1.29 is 9.18 Å². The Kier molecular flexibility index (Phi) is 3.94. The number of hydrogen-bond donors (Lipinski definition) is 2. The summed E-state index contributed by atoms with van der Waals surface area (Å²) in [6.45, 7) is 2.11. The highest BCUT2D eigenvalue weighted by atomic mass is 19.1. The Morgan fingerprint density at radius 3 is 2.59 bits per heavy atom. The van der Waals surface area contributed by atoms with E-state index in [-0.39, 0.29) is 23.7 Å². The fourth-order valence-corrected chi connectivity index (χ4v) is 3.06. The molecular formula is C18H19FN2O. The lowest BCUT2D eigenvalue weighted by Gasteiger charge is -2.21. The van der Waals surface area contributed by atoms with E-state index in [1.165, 1.54) is 23.3 Å². The highest BCUT2D eigenvalue weighted by Gasteiger charge is 2.31. The lowest BCUT2D eigenvalue weighted by atomic mass is 10.00. The van der Waals surface area contributed by atoms with E-state index in [4.69, 9.17) is 5.73 Å². The van der Waals surface area contributed by atoms with E-state index in [9.17, 15) is 9.18 Å². The molecule has 1 amide bonds. The predicted octanol–water partition coefficient (Wildman–Crippen LogP) is 2.67. The van der Waals surface area contributed by atoms with Gasteiger partial charge in [0.05, 0.1) is 0 Å². The van der Waals surface area contributed by atoms with Gasteiger partial charge in [0.2, 0.25) is 5.91 Å². The number of nitrogens with two attached hydrogens (primary N) is 1. The van der Waals surface area contributed by atoms with E-state index < -0.39 is 6.04 Å². The van der Waals surface area contributed by atoms with Gasteiger partial charge in [0.15, 0.2) is 0 Å². The fourth-order valence-electron chi connectivity index (χ4n) is 3.06. The van der Waals surface area contributed by atoms with Crippen LogP contribution < -0.4 is 11.1 Å². The van der Waals surface area contributed by atoms with Crippen LogP contribution in [0.4, 0.5) is 4.39 Å². The van der Waals surface area contributed by atoms with Gasteiger partial charge in [-0.05, 0) is 35.2 Å². The van der Waals surface area contributed by atoms with Crippen molar-refractivity contribution in [3.8, 4) is 0 Å². The Balaban J connectivity index is 1.69. The minimum atomic E-state index is -0.781. The summed E-state index contributed by atoms with van der Waals surface area (Å²) in [7, 11) is 0. The minimum Gasteiger partial charge on any atom is -0.351 e. The molecular weight excluding hydrogens is 279 g/mol. The van der Waals surface area contributed by atoms with E-state index in [1.54, 1.807) is 12.1 Å². The maximum absolute atomic E-state index is 12.9. The van der Waals surface area contributed by atoms with Gasteiger partial charge in [0.1, 0.15) is 11.9 Å². The topological polar surface area (TPSA) is 55.1 Å². The zero-order chi connectivity index (χ0) is 15.7. The molecule has 0 radical (unpaired) electrons. The van der Waals surface area contributed by atoms with Gasteiger partial charge < -0.3 is 11.1 Å². The summed E-state index contributed by atoms with van der Waals surface area (Å²) in [5.41, 5.74) is 9.15. The molecule has 0 aromatic heterocycles. The lowest BCUT2D eigenvalue weighted by molar-refractivity contribution is -0.123. The van der Waals surface area contributed by atoms with Gasteiger partial charge >= 0.3 is 0 Å². The smallest absolute Gasteiger partial charge is 0.241 e. The molecule has 1 aliphatic rings. The highest BCUT2D eigenvalue weighted by molar-refractivity contribution is 5.83. The van der Waals surface area contributed by atoms with Crippen molar-refractivity contribution in [2.24, 2.45) is 5.73 Å². The number of nitrogens with one attached hydrogen (secondary N) is 1. The lowest BCUT2D eigenvalue weighted by Crippen LogP contribution is -2.42. The van der Waals surface area contributed by atoms with Crippen LogP contribution >= 0.6 is 0 Å². The highest BCUT2D eigenvalue weighted by Crippen LogP contribution is 2.32. The number of hydrogen-bond acceptors (Lipinski definition) is 2. The second kappa shape index (κ2) is 5.89. The van der Waals surface area contributed by atoms with Gasteiger partial charge in [-0.2, -0.15) is 0 Å². The molecule has 0 aliphatic heterocycles. The fraction of sp³-hybridized carbons (Fsp3) is 0.278. The van der Waals surface area contributed by atoms with Crippen LogP contribution in [0.25, 0.3) is 0 Å². The average Bonchev–Trinajstić information content (AvgIpc) is 2.84. The number of amides is 1.